The van der Waals surface area contributed by atoms with Crippen molar-refractivity contribution in [3.05, 3.63) is 0 Å². The Morgan fingerprint density at radius 3 is 2.41 bits per heavy atom. The molecule has 1 saturated carbocycles. The number of aliphatic hydroxyl groups excluding tert-OH is 1. The second-order valence-corrected chi connectivity index (χ2v) is 5.71. The molecule has 4 N–H and O–H groups in total. The van der Waals surface area contributed by atoms with Gasteiger partial charge in [-0.15, -0.1) is 0 Å². The molecule has 0 aromatic carbocycles. The molecule has 0 unspecified atom stereocenters. The van der Waals surface area contributed by atoms with Crippen molar-refractivity contribution < 1.29 is 9.90 Å². The van der Waals surface area contributed by atoms with E-state index in [1.807, 2.05) is 13.8 Å². The molecule has 0 aromatic rings. The summed E-state index contributed by atoms with van der Waals surface area (Å²) in [5.74, 6) is 0.0461. The van der Waals surface area contributed by atoms with Gasteiger partial charge in [0.25, 0.3) is 0 Å². The Morgan fingerprint density at radius 2 is 1.94 bits per heavy atom. The Labute approximate surface area is 104 Å². The molecule has 1 amide bonds. The van der Waals surface area contributed by atoms with Crippen LogP contribution in [0, 0.1) is 11.3 Å². The van der Waals surface area contributed by atoms with Gasteiger partial charge in [-0.05, 0) is 18.8 Å². The lowest BCUT2D eigenvalue weighted by Crippen LogP contribution is -2.48. The fourth-order valence-electron chi connectivity index (χ4n) is 2.39. The summed E-state index contributed by atoms with van der Waals surface area (Å²) in [7, 11) is 0. The third-order valence-electron chi connectivity index (χ3n) is 3.91. The van der Waals surface area contributed by atoms with E-state index in [0.29, 0.717) is 6.54 Å². The monoisotopic (exact) mass is 242 g/mol. The van der Waals surface area contributed by atoms with Crippen molar-refractivity contribution in [2.75, 3.05) is 13.2 Å². The van der Waals surface area contributed by atoms with E-state index in [4.69, 9.17) is 5.73 Å². The Kier molecular flexibility index (Phi) is 5.40. The van der Waals surface area contributed by atoms with Crippen LogP contribution in [-0.2, 0) is 4.79 Å². The SMILES string of the molecule is CC(C)[C@H](N)C(=O)NCC1(CO)CCCCC1. The van der Waals surface area contributed by atoms with Gasteiger partial charge in [0.15, 0.2) is 0 Å². The lowest BCUT2D eigenvalue weighted by Gasteiger charge is -2.36. The third kappa shape index (κ3) is 3.96. The molecular weight excluding hydrogens is 216 g/mol. The van der Waals surface area contributed by atoms with Crippen LogP contribution in [0.3, 0.4) is 0 Å². The molecule has 4 nitrogen and oxygen atoms in total. The van der Waals surface area contributed by atoms with Crippen LogP contribution in [0.1, 0.15) is 46.0 Å². The van der Waals surface area contributed by atoms with Crippen molar-refractivity contribution in [3.8, 4) is 0 Å². The fourth-order valence-corrected chi connectivity index (χ4v) is 2.39. The first-order valence-electron chi connectivity index (χ1n) is 6.65. The first kappa shape index (κ1) is 14.5. The number of amides is 1. The molecule has 0 bridgehead atoms. The van der Waals surface area contributed by atoms with E-state index >= 15 is 0 Å². The highest BCUT2D eigenvalue weighted by atomic mass is 16.3. The average Bonchev–Trinajstić information content (AvgIpc) is 2.36. The van der Waals surface area contributed by atoms with Gasteiger partial charge in [-0.2, -0.15) is 0 Å². The standard InChI is InChI=1S/C13H26N2O2/c1-10(2)11(14)12(17)15-8-13(9-16)6-4-3-5-7-13/h10-11,16H,3-9,14H2,1-2H3,(H,15,17)/t11-/m0/s1. The maximum absolute atomic E-state index is 11.8. The molecule has 1 aliphatic carbocycles. The maximum Gasteiger partial charge on any atom is 0.237 e. The molecule has 100 valence electrons. The van der Waals surface area contributed by atoms with Gasteiger partial charge in [0.1, 0.15) is 0 Å². The largest absolute Gasteiger partial charge is 0.396 e. The van der Waals surface area contributed by atoms with E-state index in [9.17, 15) is 9.90 Å². The van der Waals surface area contributed by atoms with Crippen molar-refractivity contribution >= 4 is 5.91 Å². The van der Waals surface area contributed by atoms with Crippen molar-refractivity contribution in [3.63, 3.8) is 0 Å². The Bertz CT molecular complexity index is 248. The number of carbonyl (C=O) groups excluding carboxylic acids is 1. The highest BCUT2D eigenvalue weighted by Gasteiger charge is 2.32. The van der Waals surface area contributed by atoms with Crippen LogP contribution in [0.4, 0.5) is 0 Å². The van der Waals surface area contributed by atoms with Gasteiger partial charge >= 0.3 is 0 Å². The third-order valence-corrected chi connectivity index (χ3v) is 3.91. The molecule has 0 radical (unpaired) electrons. The van der Waals surface area contributed by atoms with Gasteiger partial charge < -0.3 is 16.2 Å². The molecule has 1 fully saturated rings. The van der Waals surface area contributed by atoms with Crippen molar-refractivity contribution in [1.29, 1.82) is 0 Å². The van der Waals surface area contributed by atoms with E-state index in [2.05, 4.69) is 5.32 Å². The number of nitrogens with one attached hydrogen (secondary N) is 1. The molecule has 0 aromatic heterocycles. The van der Waals surface area contributed by atoms with Crippen LogP contribution in [0.25, 0.3) is 0 Å². The molecule has 0 saturated heterocycles. The summed E-state index contributed by atoms with van der Waals surface area (Å²) in [6.07, 6.45) is 5.53. The molecule has 1 atom stereocenters. The molecule has 4 heteroatoms. The predicted octanol–water partition coefficient (Wildman–Crippen LogP) is 1.03. The highest BCUT2D eigenvalue weighted by Crippen LogP contribution is 2.35. The van der Waals surface area contributed by atoms with E-state index in [1.165, 1.54) is 6.42 Å². The number of carbonyl (C=O) groups is 1. The zero-order valence-electron chi connectivity index (χ0n) is 11.0. The van der Waals surface area contributed by atoms with E-state index < -0.39 is 6.04 Å². The van der Waals surface area contributed by atoms with Gasteiger partial charge in [-0.3, -0.25) is 4.79 Å². The van der Waals surface area contributed by atoms with Crippen LogP contribution in [0.5, 0.6) is 0 Å². The summed E-state index contributed by atoms with van der Waals surface area (Å²) in [6, 6.07) is -0.450. The van der Waals surface area contributed by atoms with Gasteiger partial charge in [0, 0.05) is 12.0 Å². The second kappa shape index (κ2) is 6.36. The first-order valence-corrected chi connectivity index (χ1v) is 6.65. The van der Waals surface area contributed by atoms with E-state index in [-0.39, 0.29) is 23.8 Å². The summed E-state index contributed by atoms with van der Waals surface area (Å²) in [4.78, 5) is 11.8. The fraction of sp³-hybridized carbons (Fsp3) is 0.923. The normalized spacial score (nSPS) is 21.2. The Morgan fingerprint density at radius 1 is 1.35 bits per heavy atom. The van der Waals surface area contributed by atoms with Crippen LogP contribution < -0.4 is 11.1 Å². The molecule has 0 aliphatic heterocycles. The summed E-state index contributed by atoms with van der Waals surface area (Å²) >= 11 is 0. The van der Waals surface area contributed by atoms with Gasteiger partial charge in [-0.1, -0.05) is 33.1 Å². The van der Waals surface area contributed by atoms with Gasteiger partial charge in [0.05, 0.1) is 12.6 Å². The van der Waals surface area contributed by atoms with E-state index in [0.717, 1.165) is 25.7 Å². The highest BCUT2D eigenvalue weighted by molar-refractivity contribution is 5.81. The second-order valence-electron chi connectivity index (χ2n) is 5.71. The summed E-state index contributed by atoms with van der Waals surface area (Å²) < 4.78 is 0. The predicted molar refractivity (Wildman–Crippen MR) is 68.4 cm³/mol. The molecule has 1 rings (SSSR count). The maximum atomic E-state index is 11.8. The van der Waals surface area contributed by atoms with Crippen LogP contribution in [0.2, 0.25) is 0 Å². The summed E-state index contributed by atoms with van der Waals surface area (Å²) in [5.41, 5.74) is 5.68. The minimum absolute atomic E-state index is 0.0987. The molecule has 17 heavy (non-hydrogen) atoms. The van der Waals surface area contributed by atoms with Crippen LogP contribution in [0.15, 0.2) is 0 Å². The van der Waals surface area contributed by atoms with Crippen LogP contribution in [-0.4, -0.2) is 30.2 Å². The Hall–Kier alpha value is -0.610. The lowest BCUT2D eigenvalue weighted by atomic mass is 9.74. The quantitative estimate of drug-likeness (QED) is 0.674. The Balaban J connectivity index is 2.44. The molecule has 0 heterocycles. The average molecular weight is 242 g/mol. The number of hydrogen-bond acceptors (Lipinski definition) is 3. The summed E-state index contributed by atoms with van der Waals surface area (Å²) in [6.45, 7) is 4.59. The number of aliphatic hydroxyl groups is 1. The van der Waals surface area contributed by atoms with Gasteiger partial charge in [-0.25, -0.2) is 0 Å². The minimum atomic E-state index is -0.450. The first-order chi connectivity index (χ1) is 8.01. The van der Waals surface area contributed by atoms with Crippen LogP contribution >= 0.6 is 0 Å². The summed E-state index contributed by atoms with van der Waals surface area (Å²) in [5, 5.41) is 12.4. The van der Waals surface area contributed by atoms with E-state index in [1.54, 1.807) is 0 Å². The lowest BCUT2D eigenvalue weighted by molar-refractivity contribution is -0.124. The smallest absolute Gasteiger partial charge is 0.237 e. The van der Waals surface area contributed by atoms with Crippen molar-refractivity contribution in [2.24, 2.45) is 17.1 Å². The molecular formula is C13H26N2O2. The topological polar surface area (TPSA) is 75.4 Å². The molecule has 1 aliphatic rings. The number of rotatable bonds is 5. The zero-order valence-corrected chi connectivity index (χ0v) is 11.0. The minimum Gasteiger partial charge on any atom is -0.396 e. The zero-order chi connectivity index (χ0) is 12.9. The molecule has 0 spiro atoms. The van der Waals surface area contributed by atoms with Crippen molar-refractivity contribution in [1.82, 2.24) is 5.32 Å². The number of nitrogens with two attached hydrogens (primary N) is 1. The van der Waals surface area contributed by atoms with Gasteiger partial charge in [0.2, 0.25) is 5.91 Å². The van der Waals surface area contributed by atoms with Crippen molar-refractivity contribution in [2.45, 2.75) is 52.0 Å². The number of hydrogen-bond donors (Lipinski definition) is 3.